The molecule has 0 aromatic carbocycles. The van der Waals surface area contributed by atoms with Gasteiger partial charge in [0.15, 0.2) is 8.45 Å². The van der Waals surface area contributed by atoms with Gasteiger partial charge in [-0.1, -0.05) is 0 Å². The maximum absolute atomic E-state index is 6.63. The van der Waals surface area contributed by atoms with Gasteiger partial charge in [0.25, 0.3) is 0 Å². The van der Waals surface area contributed by atoms with Crippen molar-refractivity contribution in [3.63, 3.8) is 0 Å². The molecular weight excluding hydrogens is 299 g/mol. The van der Waals surface area contributed by atoms with Gasteiger partial charge < -0.3 is 14.4 Å². The van der Waals surface area contributed by atoms with Crippen molar-refractivity contribution in [2.24, 2.45) is 0 Å². The molecule has 0 radical (unpaired) electrons. The Morgan fingerprint density at radius 1 is 0.818 bits per heavy atom. The zero-order valence-electron chi connectivity index (χ0n) is 16.7. The van der Waals surface area contributed by atoms with Crippen molar-refractivity contribution in [2.75, 3.05) is 26.4 Å². The third-order valence-corrected chi connectivity index (χ3v) is 6.22. The second-order valence-corrected chi connectivity index (χ2v) is 8.22. The summed E-state index contributed by atoms with van der Waals surface area (Å²) in [6.07, 6.45) is 0. The summed E-state index contributed by atoms with van der Waals surface area (Å²) in [5.41, 5.74) is 0. The summed E-state index contributed by atoms with van der Waals surface area (Å²) in [4.78, 5) is 0. The van der Waals surface area contributed by atoms with E-state index in [2.05, 4.69) is 69.8 Å². The van der Waals surface area contributed by atoms with Crippen LogP contribution in [0.2, 0.25) is 0 Å². The third-order valence-electron chi connectivity index (χ3n) is 3.17. The van der Waals surface area contributed by atoms with E-state index < -0.39 is 8.45 Å². The summed E-state index contributed by atoms with van der Waals surface area (Å²) in [6.45, 7) is 19.6. The first-order valence-electron chi connectivity index (χ1n) is 8.80. The SMILES string of the molecule is [2H]OCCOCCOP(N(C(C)C)C(C)C)N(C(C)C)C(C)C. The predicted molar refractivity (Wildman–Crippen MR) is 95.0 cm³/mol. The molecule has 0 aliphatic rings. The monoisotopic (exact) mass is 337 g/mol. The highest BCUT2D eigenvalue weighted by Gasteiger charge is 2.34. The van der Waals surface area contributed by atoms with Crippen molar-refractivity contribution in [1.82, 2.24) is 9.34 Å². The highest BCUT2D eigenvalue weighted by atomic mass is 31.2. The van der Waals surface area contributed by atoms with Crippen LogP contribution < -0.4 is 0 Å². The van der Waals surface area contributed by atoms with E-state index in [1.54, 1.807) is 0 Å². The number of hydrogen-bond acceptors (Lipinski definition) is 5. The van der Waals surface area contributed by atoms with Crippen molar-refractivity contribution in [2.45, 2.75) is 79.6 Å². The van der Waals surface area contributed by atoms with Gasteiger partial charge in [0.1, 0.15) is 0 Å². The maximum Gasteiger partial charge on any atom is 0.210 e. The second-order valence-electron chi connectivity index (χ2n) is 6.54. The minimum atomic E-state index is -0.851. The lowest BCUT2D eigenvalue weighted by Gasteiger charge is -2.45. The van der Waals surface area contributed by atoms with E-state index in [9.17, 15) is 0 Å². The molecule has 0 rings (SSSR count). The fourth-order valence-corrected chi connectivity index (χ4v) is 4.90. The molecule has 22 heavy (non-hydrogen) atoms. The molecule has 0 amide bonds. The minimum Gasteiger partial charge on any atom is -0.394 e. The first-order chi connectivity index (χ1) is 10.7. The Morgan fingerprint density at radius 3 is 1.64 bits per heavy atom. The van der Waals surface area contributed by atoms with E-state index in [4.69, 9.17) is 10.7 Å². The lowest BCUT2D eigenvalue weighted by atomic mass is 10.3. The molecular formula is C16H37N2O3P. The molecule has 0 fully saturated rings. The third kappa shape index (κ3) is 7.67. The molecule has 0 aliphatic carbocycles. The van der Waals surface area contributed by atoms with Crippen LogP contribution in [0.15, 0.2) is 0 Å². The molecule has 0 aromatic rings. The summed E-state index contributed by atoms with van der Waals surface area (Å²) in [7, 11) is -0.851. The molecule has 0 unspecified atom stereocenters. The Bertz CT molecular complexity index is 258. The largest absolute Gasteiger partial charge is 0.394 e. The molecule has 0 saturated carbocycles. The Kier molecular flexibility index (Phi) is 10.8. The van der Waals surface area contributed by atoms with E-state index in [0.717, 1.165) is 0 Å². The smallest absolute Gasteiger partial charge is 0.210 e. The quantitative estimate of drug-likeness (QED) is 0.412. The first-order valence-corrected chi connectivity index (χ1v) is 9.55. The molecule has 6 heteroatoms. The topological polar surface area (TPSA) is 45.2 Å². The van der Waals surface area contributed by atoms with Crippen LogP contribution in [0.25, 0.3) is 0 Å². The van der Waals surface area contributed by atoms with Crippen molar-refractivity contribution >= 4 is 8.45 Å². The van der Waals surface area contributed by atoms with Crippen LogP contribution in [-0.4, -0.2) is 66.5 Å². The first kappa shape index (κ1) is 20.3. The number of hydrogen-bond donors (Lipinski definition) is 1. The van der Waals surface area contributed by atoms with E-state index >= 15 is 0 Å². The summed E-state index contributed by atoms with van der Waals surface area (Å²) in [5.74, 6) is 0. The van der Waals surface area contributed by atoms with Crippen LogP contribution in [0.1, 0.15) is 55.4 Å². The highest BCUT2D eigenvalue weighted by molar-refractivity contribution is 7.47. The number of ether oxygens (including phenoxy) is 1. The Hall–Kier alpha value is 0.230. The van der Waals surface area contributed by atoms with Gasteiger partial charge in [-0.15, -0.1) is 0 Å². The molecule has 0 spiro atoms. The zero-order valence-corrected chi connectivity index (χ0v) is 16.6. The van der Waals surface area contributed by atoms with Gasteiger partial charge in [-0.2, -0.15) is 0 Å². The minimum absolute atomic E-state index is 0.295. The standard InChI is InChI=1S/C16H37N2O3P/c1-13(2)17(14(3)4)22(18(15(5)6)16(7)8)21-12-11-20-10-9-19/h13-16,19H,9-12H2,1-8H3/i19D. The molecule has 134 valence electrons. The second kappa shape index (κ2) is 11.7. The Balaban J connectivity index is 4.91. The van der Waals surface area contributed by atoms with Gasteiger partial charge in [0, 0.05) is 24.2 Å². The van der Waals surface area contributed by atoms with Gasteiger partial charge in [0.2, 0.25) is 1.43 Å². The van der Waals surface area contributed by atoms with Crippen LogP contribution >= 0.6 is 8.45 Å². The van der Waals surface area contributed by atoms with Gasteiger partial charge in [-0.25, -0.2) is 9.34 Å². The Morgan fingerprint density at radius 2 is 1.27 bits per heavy atom. The Labute approximate surface area is 140 Å². The molecule has 1 N–H and O–H groups in total. The van der Waals surface area contributed by atoms with E-state index in [1.807, 2.05) is 0 Å². The predicted octanol–water partition coefficient (Wildman–Crippen LogP) is 3.48. The van der Waals surface area contributed by atoms with E-state index in [-0.39, 0.29) is 0 Å². The van der Waals surface area contributed by atoms with E-state index in [0.29, 0.717) is 50.6 Å². The van der Waals surface area contributed by atoms with Crippen LogP contribution in [0.4, 0.5) is 0 Å². The summed E-state index contributed by atoms with van der Waals surface area (Å²) >= 11 is 0. The molecule has 0 aliphatic heterocycles. The van der Waals surface area contributed by atoms with Crippen molar-refractivity contribution in [1.29, 1.82) is 1.43 Å². The summed E-state index contributed by atoms with van der Waals surface area (Å²) in [5, 5.41) is 4.24. The highest BCUT2D eigenvalue weighted by Crippen LogP contribution is 2.50. The molecule has 0 aromatic heterocycles. The number of rotatable bonds is 13. The lowest BCUT2D eigenvalue weighted by molar-refractivity contribution is 0.0660. The summed E-state index contributed by atoms with van der Waals surface area (Å²) in [6, 6.07) is 1.66. The maximum atomic E-state index is 6.63. The van der Waals surface area contributed by atoms with Crippen LogP contribution in [0.5, 0.6) is 0 Å². The van der Waals surface area contributed by atoms with E-state index in [1.165, 1.54) is 0 Å². The van der Waals surface area contributed by atoms with Crippen LogP contribution in [0.3, 0.4) is 0 Å². The fourth-order valence-electron chi connectivity index (χ4n) is 2.57. The average Bonchev–Trinajstić information content (AvgIpc) is 2.40. The van der Waals surface area contributed by atoms with Crippen LogP contribution in [-0.2, 0) is 9.26 Å². The van der Waals surface area contributed by atoms with Gasteiger partial charge in [-0.05, 0) is 55.4 Å². The lowest BCUT2D eigenvalue weighted by Crippen LogP contribution is -2.43. The normalized spacial score (nSPS) is 13.7. The zero-order chi connectivity index (χ0) is 18.0. The molecule has 0 heterocycles. The summed E-state index contributed by atoms with van der Waals surface area (Å²) < 4.78 is 23.3. The van der Waals surface area contributed by atoms with Gasteiger partial charge in [0.05, 0.1) is 26.4 Å². The molecule has 0 saturated heterocycles. The number of nitrogens with zero attached hydrogens (tertiary/aromatic N) is 2. The van der Waals surface area contributed by atoms with Crippen LogP contribution in [0, 0.1) is 0 Å². The molecule has 0 atom stereocenters. The number of aliphatic hydroxyl groups is 1. The van der Waals surface area contributed by atoms with Crippen molar-refractivity contribution < 1.29 is 14.4 Å². The fraction of sp³-hybridized carbons (Fsp3) is 1.00. The van der Waals surface area contributed by atoms with Gasteiger partial charge >= 0.3 is 0 Å². The van der Waals surface area contributed by atoms with Crippen molar-refractivity contribution in [3.05, 3.63) is 0 Å². The van der Waals surface area contributed by atoms with Crippen molar-refractivity contribution in [3.8, 4) is 0 Å². The molecule has 0 bridgehead atoms. The number of aliphatic hydroxyl groups excluding tert-OH is 1. The molecule has 5 nitrogen and oxygen atoms in total. The van der Waals surface area contributed by atoms with Gasteiger partial charge in [-0.3, -0.25) is 0 Å². The average molecular weight is 337 g/mol.